The molecule has 0 spiro atoms. The molecular formula is C13H16F3NO2. The number of hydrogen-bond donors (Lipinski definition) is 1. The number of benzene rings is 1. The van der Waals surface area contributed by atoms with Crippen LogP contribution in [0.2, 0.25) is 0 Å². The van der Waals surface area contributed by atoms with Crippen molar-refractivity contribution in [1.29, 1.82) is 0 Å². The molecule has 1 N–H and O–H groups in total. The molecule has 1 atom stereocenters. The van der Waals surface area contributed by atoms with E-state index in [4.69, 9.17) is 0 Å². The molecular weight excluding hydrogens is 259 g/mol. The van der Waals surface area contributed by atoms with Crippen LogP contribution in [0.25, 0.3) is 0 Å². The molecule has 3 nitrogen and oxygen atoms in total. The number of esters is 1. The fourth-order valence-electron chi connectivity index (χ4n) is 1.53. The number of rotatable bonds is 6. The zero-order valence-electron chi connectivity index (χ0n) is 10.5. The van der Waals surface area contributed by atoms with E-state index in [1.54, 1.807) is 37.3 Å². The van der Waals surface area contributed by atoms with Gasteiger partial charge in [-0.3, -0.25) is 4.79 Å². The quantitative estimate of drug-likeness (QED) is 0.811. The van der Waals surface area contributed by atoms with Crippen molar-refractivity contribution in [2.24, 2.45) is 0 Å². The Kier molecular flexibility index (Phi) is 5.82. The molecule has 0 heterocycles. The molecule has 0 amide bonds. The number of nitrogens with one attached hydrogen (secondary N) is 1. The highest BCUT2D eigenvalue weighted by Crippen LogP contribution is 2.23. The van der Waals surface area contributed by atoms with Gasteiger partial charge in [0.25, 0.3) is 0 Å². The average molecular weight is 275 g/mol. The molecule has 0 aliphatic carbocycles. The first kappa shape index (κ1) is 15.5. The van der Waals surface area contributed by atoms with Gasteiger partial charge in [0.2, 0.25) is 0 Å². The van der Waals surface area contributed by atoms with E-state index in [1.807, 2.05) is 0 Å². The first-order valence-electron chi connectivity index (χ1n) is 5.93. The molecule has 0 aromatic heterocycles. The molecule has 6 heteroatoms. The van der Waals surface area contributed by atoms with Crippen molar-refractivity contribution in [3.8, 4) is 0 Å². The van der Waals surface area contributed by atoms with E-state index in [-0.39, 0.29) is 13.2 Å². The third kappa shape index (κ3) is 5.74. The summed E-state index contributed by atoms with van der Waals surface area (Å²) in [6.45, 7) is 1.67. The van der Waals surface area contributed by atoms with Crippen LogP contribution in [0, 0.1) is 0 Å². The Morgan fingerprint density at radius 3 is 2.47 bits per heavy atom. The second kappa shape index (κ2) is 7.13. The number of hydrogen-bond acceptors (Lipinski definition) is 3. The van der Waals surface area contributed by atoms with Gasteiger partial charge in [-0.05, 0) is 12.5 Å². The van der Waals surface area contributed by atoms with E-state index < -0.39 is 24.6 Å². The Morgan fingerprint density at radius 1 is 1.32 bits per heavy atom. The third-order valence-electron chi connectivity index (χ3n) is 2.47. The highest BCUT2D eigenvalue weighted by Gasteiger charge is 2.40. The van der Waals surface area contributed by atoms with Crippen molar-refractivity contribution in [2.45, 2.75) is 32.1 Å². The lowest BCUT2D eigenvalue weighted by Gasteiger charge is -2.20. The number of carbonyl (C=O) groups excluding carboxylic acids is 1. The standard InChI is InChI=1S/C13H16F3NO2/c1-2-19-12(18)8-11(13(14,15)16)17-9-10-6-4-3-5-7-10/h3-7,11,17H,2,8-9H2,1H3. The first-order chi connectivity index (χ1) is 8.93. The van der Waals surface area contributed by atoms with Crippen LogP contribution in [-0.4, -0.2) is 24.8 Å². The van der Waals surface area contributed by atoms with E-state index in [2.05, 4.69) is 10.1 Å². The van der Waals surface area contributed by atoms with Gasteiger partial charge in [-0.15, -0.1) is 0 Å². The second-order valence-corrected chi connectivity index (χ2v) is 3.97. The summed E-state index contributed by atoms with van der Waals surface area (Å²) in [4.78, 5) is 11.1. The van der Waals surface area contributed by atoms with E-state index >= 15 is 0 Å². The first-order valence-corrected chi connectivity index (χ1v) is 5.93. The van der Waals surface area contributed by atoms with Crippen LogP contribution in [0.15, 0.2) is 30.3 Å². The average Bonchev–Trinajstić information content (AvgIpc) is 2.34. The van der Waals surface area contributed by atoms with Gasteiger partial charge in [-0.2, -0.15) is 13.2 Å². The van der Waals surface area contributed by atoms with Crippen molar-refractivity contribution < 1.29 is 22.7 Å². The molecule has 0 aliphatic heterocycles. The minimum absolute atomic E-state index is 0.0461. The fraction of sp³-hybridized carbons (Fsp3) is 0.462. The molecule has 0 saturated carbocycles. The smallest absolute Gasteiger partial charge is 0.404 e. The molecule has 106 valence electrons. The van der Waals surface area contributed by atoms with Crippen LogP contribution in [0.5, 0.6) is 0 Å². The molecule has 0 radical (unpaired) electrons. The molecule has 0 fully saturated rings. The van der Waals surface area contributed by atoms with Crippen molar-refractivity contribution in [1.82, 2.24) is 5.32 Å². The van der Waals surface area contributed by atoms with Gasteiger partial charge in [0.15, 0.2) is 0 Å². The monoisotopic (exact) mass is 275 g/mol. The summed E-state index contributed by atoms with van der Waals surface area (Å²) in [5, 5.41) is 2.34. The topological polar surface area (TPSA) is 38.3 Å². The van der Waals surface area contributed by atoms with Crippen LogP contribution >= 0.6 is 0 Å². The van der Waals surface area contributed by atoms with Gasteiger partial charge in [0, 0.05) is 6.54 Å². The number of alkyl halides is 3. The van der Waals surface area contributed by atoms with E-state index in [0.29, 0.717) is 0 Å². The summed E-state index contributed by atoms with van der Waals surface area (Å²) in [5.41, 5.74) is 0.723. The largest absolute Gasteiger partial charge is 0.466 e. The molecule has 0 saturated heterocycles. The van der Waals surface area contributed by atoms with Crippen LogP contribution in [0.4, 0.5) is 13.2 Å². The van der Waals surface area contributed by atoms with Crippen molar-refractivity contribution in [3.05, 3.63) is 35.9 Å². The van der Waals surface area contributed by atoms with Gasteiger partial charge in [-0.1, -0.05) is 30.3 Å². The Bertz CT molecular complexity index is 393. The molecule has 1 aromatic carbocycles. The molecule has 1 aromatic rings. The summed E-state index contributed by atoms with van der Waals surface area (Å²) in [6, 6.07) is 6.79. The summed E-state index contributed by atoms with van der Waals surface area (Å²) < 4.78 is 42.8. The third-order valence-corrected chi connectivity index (χ3v) is 2.47. The molecule has 1 unspecified atom stereocenters. The fourth-order valence-corrected chi connectivity index (χ4v) is 1.53. The molecule has 0 bridgehead atoms. The Hall–Kier alpha value is -1.56. The predicted molar refractivity (Wildman–Crippen MR) is 64.4 cm³/mol. The van der Waals surface area contributed by atoms with Crippen LogP contribution < -0.4 is 5.32 Å². The summed E-state index contributed by atoms with van der Waals surface area (Å²) in [5.74, 6) is -0.856. The van der Waals surface area contributed by atoms with Gasteiger partial charge < -0.3 is 10.1 Å². The summed E-state index contributed by atoms with van der Waals surface area (Å²) in [7, 11) is 0. The highest BCUT2D eigenvalue weighted by atomic mass is 19.4. The van der Waals surface area contributed by atoms with Gasteiger partial charge >= 0.3 is 12.1 Å². The maximum absolute atomic E-state index is 12.8. The van der Waals surface area contributed by atoms with E-state index in [1.165, 1.54) is 0 Å². The Balaban J connectivity index is 2.58. The van der Waals surface area contributed by atoms with E-state index in [0.717, 1.165) is 5.56 Å². The zero-order valence-corrected chi connectivity index (χ0v) is 10.5. The number of carbonyl (C=O) groups is 1. The Labute approximate surface area is 109 Å². The van der Waals surface area contributed by atoms with Crippen molar-refractivity contribution >= 4 is 5.97 Å². The normalized spacial score (nSPS) is 13.1. The summed E-state index contributed by atoms with van der Waals surface area (Å²) >= 11 is 0. The van der Waals surface area contributed by atoms with Crippen molar-refractivity contribution in [2.75, 3.05) is 6.61 Å². The number of ether oxygens (including phenoxy) is 1. The van der Waals surface area contributed by atoms with Crippen LogP contribution in [-0.2, 0) is 16.1 Å². The Morgan fingerprint density at radius 2 is 1.95 bits per heavy atom. The summed E-state index contributed by atoms with van der Waals surface area (Å²) in [6.07, 6.45) is -5.20. The van der Waals surface area contributed by atoms with Crippen molar-refractivity contribution in [3.63, 3.8) is 0 Å². The minimum atomic E-state index is -4.48. The highest BCUT2D eigenvalue weighted by molar-refractivity contribution is 5.70. The predicted octanol–water partition coefficient (Wildman–Crippen LogP) is 2.66. The lowest BCUT2D eigenvalue weighted by atomic mass is 10.1. The maximum atomic E-state index is 12.8. The second-order valence-electron chi connectivity index (χ2n) is 3.97. The zero-order chi connectivity index (χ0) is 14.3. The molecule has 1 rings (SSSR count). The van der Waals surface area contributed by atoms with Crippen LogP contribution in [0.1, 0.15) is 18.9 Å². The van der Waals surface area contributed by atoms with Gasteiger partial charge in [0.05, 0.1) is 13.0 Å². The maximum Gasteiger partial charge on any atom is 0.404 e. The van der Waals surface area contributed by atoms with Crippen LogP contribution in [0.3, 0.4) is 0 Å². The lowest BCUT2D eigenvalue weighted by Crippen LogP contribution is -2.43. The number of halogens is 3. The van der Waals surface area contributed by atoms with Gasteiger partial charge in [-0.25, -0.2) is 0 Å². The van der Waals surface area contributed by atoms with Gasteiger partial charge in [0.1, 0.15) is 6.04 Å². The molecule has 0 aliphatic rings. The lowest BCUT2D eigenvalue weighted by molar-refractivity contribution is -0.169. The minimum Gasteiger partial charge on any atom is -0.466 e. The molecule has 19 heavy (non-hydrogen) atoms. The van der Waals surface area contributed by atoms with E-state index in [9.17, 15) is 18.0 Å². The SMILES string of the molecule is CCOC(=O)CC(NCc1ccccc1)C(F)(F)F.